The zero-order valence-electron chi connectivity index (χ0n) is 19.4. The summed E-state index contributed by atoms with van der Waals surface area (Å²) in [6.45, 7) is 3.45. The van der Waals surface area contributed by atoms with E-state index in [1.165, 1.54) is 19.2 Å². The number of hydrogen-bond donors (Lipinski definition) is 3. The number of nitrogens with one attached hydrogen (secondary N) is 2. The summed E-state index contributed by atoms with van der Waals surface area (Å²) in [6, 6.07) is 2.79. The number of carbonyl (C=O) groups is 1. The van der Waals surface area contributed by atoms with Crippen LogP contribution in [-0.4, -0.2) is 42.6 Å². The highest BCUT2D eigenvalue weighted by Crippen LogP contribution is 2.31. The molecule has 1 amide bonds. The molecule has 14 heteroatoms. The minimum absolute atomic E-state index is 0. The number of aliphatic hydroxyl groups excluding tert-OH is 1. The van der Waals surface area contributed by atoms with Crippen LogP contribution in [0.1, 0.15) is 49.4 Å². The van der Waals surface area contributed by atoms with Gasteiger partial charge in [-0.15, -0.1) is 5.10 Å². The first-order valence-electron chi connectivity index (χ1n) is 10.8. The summed E-state index contributed by atoms with van der Waals surface area (Å²) in [4.78, 5) is 40.1. The number of H-pyrrole nitrogens is 1. The third-order valence-electron chi connectivity index (χ3n) is 5.22. The summed E-state index contributed by atoms with van der Waals surface area (Å²) >= 11 is 0. The second kappa shape index (κ2) is 11.4. The van der Waals surface area contributed by atoms with Crippen LogP contribution in [0.2, 0.25) is 0 Å². The predicted octanol–water partition coefficient (Wildman–Crippen LogP) is 3.29. The zero-order chi connectivity index (χ0) is 26.8. The molecule has 3 rings (SSSR count). The van der Waals surface area contributed by atoms with Crippen molar-refractivity contribution in [3.8, 4) is 11.4 Å². The molecule has 0 aliphatic rings. The van der Waals surface area contributed by atoms with E-state index < -0.39 is 58.9 Å². The van der Waals surface area contributed by atoms with Crippen molar-refractivity contribution in [3.05, 3.63) is 68.0 Å². The van der Waals surface area contributed by atoms with Crippen LogP contribution in [0.4, 0.5) is 23.2 Å². The number of rotatable bonds is 8. The summed E-state index contributed by atoms with van der Waals surface area (Å²) in [5, 5.41) is 15.6. The molecule has 0 aliphatic heterocycles. The number of anilines is 1. The number of aromatic nitrogens is 4. The van der Waals surface area contributed by atoms with Crippen molar-refractivity contribution in [1.82, 2.24) is 19.3 Å². The van der Waals surface area contributed by atoms with Crippen molar-refractivity contribution in [2.24, 2.45) is 0 Å². The maximum Gasteiger partial charge on any atom is 0.425 e. The largest absolute Gasteiger partial charge is 0.480 e. The normalized spacial score (nSPS) is 12.1. The number of nitrogens with zero attached hydrogens (tertiary/aromatic N) is 3. The quantitative estimate of drug-likeness (QED) is 0.384. The third kappa shape index (κ3) is 6.07. The van der Waals surface area contributed by atoms with E-state index in [1.54, 1.807) is 6.92 Å². The summed E-state index contributed by atoms with van der Waals surface area (Å²) in [5.74, 6) is -3.10. The molecule has 0 bridgehead atoms. The van der Waals surface area contributed by atoms with E-state index in [0.717, 1.165) is 10.6 Å². The van der Waals surface area contributed by atoms with Crippen LogP contribution in [0.3, 0.4) is 0 Å². The molecule has 0 saturated heterocycles. The van der Waals surface area contributed by atoms with Gasteiger partial charge in [0.2, 0.25) is 0 Å². The fourth-order valence-electron chi connectivity index (χ4n) is 3.31. The summed E-state index contributed by atoms with van der Waals surface area (Å²) in [5.41, 5.74) is -2.63. The zero-order valence-corrected chi connectivity index (χ0v) is 19.4. The second-order valence-electron chi connectivity index (χ2n) is 7.84. The van der Waals surface area contributed by atoms with E-state index in [2.05, 4.69) is 15.4 Å². The number of pyridine rings is 1. The van der Waals surface area contributed by atoms with Crippen molar-refractivity contribution >= 4 is 11.6 Å². The summed E-state index contributed by atoms with van der Waals surface area (Å²) < 4.78 is 61.5. The number of aliphatic hydroxyl groups is 1. The average molecular weight is 529 g/mol. The Morgan fingerprint density at radius 3 is 2.54 bits per heavy atom. The molecule has 10 nitrogen and oxygen atoms in total. The number of aryl methyl sites for hydroxylation is 1. The fraction of sp³-hybridized carbons (Fsp3) is 0.391. The smallest absolute Gasteiger partial charge is 0.425 e. The Morgan fingerprint density at radius 1 is 1.30 bits per heavy atom. The Hall–Kier alpha value is -3.94. The topological polar surface area (TPSA) is 131 Å². The van der Waals surface area contributed by atoms with Gasteiger partial charge in [0.15, 0.2) is 11.9 Å². The van der Waals surface area contributed by atoms with Gasteiger partial charge in [-0.3, -0.25) is 14.2 Å². The highest BCUT2D eigenvalue weighted by molar-refractivity contribution is 6.06. The van der Waals surface area contributed by atoms with E-state index in [4.69, 9.17) is 4.74 Å². The molecule has 2 heterocycles. The average Bonchev–Trinajstić information content (AvgIpc) is 3.12. The van der Waals surface area contributed by atoms with Gasteiger partial charge in [0.25, 0.3) is 11.5 Å². The first-order valence-corrected chi connectivity index (χ1v) is 10.8. The number of ether oxygens (including phenoxy) is 1. The lowest BCUT2D eigenvalue weighted by molar-refractivity contribution is -0.189. The lowest BCUT2D eigenvalue weighted by Crippen LogP contribution is -2.32. The van der Waals surface area contributed by atoms with Gasteiger partial charge in [0.05, 0.1) is 5.56 Å². The number of benzene rings is 1. The molecule has 0 fully saturated rings. The standard InChI is InChI=1S/C22H23F4N5O5.CH4/c1-4-7-30-17(10-32)29-31(21(30)35)15-9-16(36-12(3)22(24,25)26)13(8-14(15)23)19(33)28-18-11(2)5-6-27-20(18)34;/h5-6,8-9,12,32H,4,7,10H2,1-3H3,(H,27,34)(H,28,33);1H4/t12-;/m0./s1. The molecular formula is C23H27F4N5O5. The molecule has 0 aliphatic carbocycles. The van der Waals surface area contributed by atoms with Crippen LogP contribution in [-0.2, 0) is 13.2 Å². The number of alkyl halides is 3. The number of hydrogen-bond acceptors (Lipinski definition) is 6. The Morgan fingerprint density at radius 2 is 1.97 bits per heavy atom. The van der Waals surface area contributed by atoms with Gasteiger partial charge in [-0.25, -0.2) is 9.18 Å². The number of amides is 1. The van der Waals surface area contributed by atoms with Gasteiger partial charge >= 0.3 is 11.9 Å². The van der Waals surface area contributed by atoms with Gasteiger partial charge < -0.3 is 20.1 Å². The lowest BCUT2D eigenvalue weighted by atomic mass is 10.1. The maximum absolute atomic E-state index is 15.2. The Balaban J connectivity index is 0.00000481. The van der Waals surface area contributed by atoms with E-state index in [0.29, 0.717) is 29.7 Å². The van der Waals surface area contributed by atoms with Crippen LogP contribution >= 0.6 is 0 Å². The van der Waals surface area contributed by atoms with Crippen LogP contribution < -0.4 is 21.3 Å². The van der Waals surface area contributed by atoms with E-state index in [9.17, 15) is 32.7 Å². The van der Waals surface area contributed by atoms with Crippen LogP contribution in [0.5, 0.6) is 5.75 Å². The highest BCUT2D eigenvalue weighted by Gasteiger charge is 2.39. The third-order valence-corrected chi connectivity index (χ3v) is 5.22. The molecule has 0 radical (unpaired) electrons. The van der Waals surface area contributed by atoms with Crippen LogP contribution in [0.25, 0.3) is 5.69 Å². The molecule has 0 spiro atoms. The lowest BCUT2D eigenvalue weighted by Gasteiger charge is -2.20. The van der Waals surface area contributed by atoms with Gasteiger partial charge in [0.1, 0.15) is 29.5 Å². The second-order valence-corrected chi connectivity index (χ2v) is 7.84. The van der Waals surface area contributed by atoms with E-state index in [1.807, 2.05) is 0 Å². The molecule has 0 saturated carbocycles. The first-order chi connectivity index (χ1) is 16.9. The number of aromatic amines is 1. The van der Waals surface area contributed by atoms with Crippen molar-refractivity contribution in [2.75, 3.05) is 5.32 Å². The molecule has 1 atom stereocenters. The van der Waals surface area contributed by atoms with Gasteiger partial charge in [-0.1, -0.05) is 14.4 Å². The molecule has 37 heavy (non-hydrogen) atoms. The van der Waals surface area contributed by atoms with Crippen LogP contribution in [0.15, 0.2) is 34.0 Å². The molecule has 0 unspecified atom stereocenters. The van der Waals surface area contributed by atoms with Crippen LogP contribution in [0, 0.1) is 12.7 Å². The molecule has 2 aromatic heterocycles. The van der Waals surface area contributed by atoms with E-state index >= 15 is 4.39 Å². The predicted molar refractivity (Wildman–Crippen MR) is 127 cm³/mol. The Bertz CT molecular complexity index is 1390. The van der Waals surface area contributed by atoms with Gasteiger partial charge in [0, 0.05) is 18.8 Å². The van der Waals surface area contributed by atoms with Gasteiger partial charge in [-0.2, -0.15) is 17.9 Å². The molecular weight excluding hydrogens is 502 g/mol. The highest BCUT2D eigenvalue weighted by atomic mass is 19.4. The summed E-state index contributed by atoms with van der Waals surface area (Å²) in [6.07, 6.45) is -5.43. The summed E-state index contributed by atoms with van der Waals surface area (Å²) in [7, 11) is 0. The Labute approximate surface area is 208 Å². The SMILES string of the molecule is C.CCCn1c(CO)nn(-c2cc(O[C@@H](C)C(F)(F)F)c(C(=O)Nc3c(C)cc[nH]c3=O)cc2F)c1=O. The number of halogens is 4. The minimum Gasteiger partial charge on any atom is -0.480 e. The number of carbonyl (C=O) groups excluding carboxylic acids is 1. The van der Waals surface area contributed by atoms with Crippen molar-refractivity contribution in [2.45, 2.75) is 60.1 Å². The molecule has 3 N–H and O–H groups in total. The van der Waals surface area contributed by atoms with E-state index in [-0.39, 0.29) is 25.5 Å². The molecule has 202 valence electrons. The van der Waals surface area contributed by atoms with Crippen molar-refractivity contribution in [1.29, 1.82) is 0 Å². The molecule has 3 aromatic rings. The molecule has 1 aromatic carbocycles. The van der Waals surface area contributed by atoms with Crippen molar-refractivity contribution < 1.29 is 32.2 Å². The fourth-order valence-corrected chi connectivity index (χ4v) is 3.31. The Kier molecular flexibility index (Phi) is 9.03. The maximum atomic E-state index is 15.2. The minimum atomic E-state index is -4.83. The van der Waals surface area contributed by atoms with Gasteiger partial charge in [-0.05, 0) is 38.0 Å². The van der Waals surface area contributed by atoms with Crippen molar-refractivity contribution in [3.63, 3.8) is 0 Å². The monoisotopic (exact) mass is 529 g/mol. The first kappa shape index (κ1) is 29.3.